The maximum absolute atomic E-state index is 14.6. The second kappa shape index (κ2) is 15.8. The molecule has 0 unspecified atom stereocenters. The summed E-state index contributed by atoms with van der Waals surface area (Å²) in [5, 5.41) is 0.851. The van der Waals surface area contributed by atoms with E-state index < -0.39 is 16.0 Å². The Balaban J connectivity index is 1.31. The van der Waals surface area contributed by atoms with Crippen LogP contribution in [0.3, 0.4) is 0 Å². The van der Waals surface area contributed by atoms with Crippen molar-refractivity contribution in [3.63, 3.8) is 0 Å². The van der Waals surface area contributed by atoms with Gasteiger partial charge < -0.3 is 4.74 Å². The Morgan fingerprint density at radius 1 is 0.886 bits per heavy atom. The zero-order valence-electron chi connectivity index (χ0n) is 25.8. The molecule has 5 rings (SSSR count). The fraction of sp³-hybridized carbons (Fsp3) is 0.457. The molecule has 2 aromatic carbocycles. The molecule has 7 nitrogen and oxygen atoms in total. The van der Waals surface area contributed by atoms with Gasteiger partial charge in [-0.2, -0.15) is 4.39 Å². The van der Waals surface area contributed by atoms with Crippen molar-refractivity contribution in [3.05, 3.63) is 96.2 Å². The molecule has 1 aliphatic carbocycles. The summed E-state index contributed by atoms with van der Waals surface area (Å²) in [5.74, 6) is -0.494. The van der Waals surface area contributed by atoms with Crippen LogP contribution in [0.15, 0.2) is 84.0 Å². The number of benzene rings is 2. The number of fused-ring (bicyclic) bond motifs is 1. The Kier molecular flexibility index (Phi) is 11.6. The van der Waals surface area contributed by atoms with E-state index in [-0.39, 0.29) is 4.90 Å². The molecule has 44 heavy (non-hydrogen) atoms. The fourth-order valence-electron chi connectivity index (χ4n) is 6.24. The van der Waals surface area contributed by atoms with E-state index in [9.17, 15) is 12.8 Å². The topological polar surface area (TPSA) is 67.7 Å². The first-order chi connectivity index (χ1) is 21.5. The lowest BCUT2D eigenvalue weighted by Crippen LogP contribution is -2.40. The van der Waals surface area contributed by atoms with Gasteiger partial charge in [0.15, 0.2) is 0 Å². The van der Waals surface area contributed by atoms with Crippen molar-refractivity contribution in [3.8, 4) is 0 Å². The number of para-hydroxylation sites is 1. The van der Waals surface area contributed by atoms with Crippen molar-refractivity contribution in [2.75, 3.05) is 32.8 Å². The molecule has 0 saturated heterocycles. The molecule has 0 spiro atoms. The summed E-state index contributed by atoms with van der Waals surface area (Å²) in [6, 6.07) is 20.1. The van der Waals surface area contributed by atoms with Crippen LogP contribution in [0, 0.1) is 5.95 Å². The van der Waals surface area contributed by atoms with Gasteiger partial charge in [-0.05, 0) is 55.6 Å². The Hall–Kier alpha value is -3.11. The largest absolute Gasteiger partial charge is 0.379 e. The third-order valence-corrected chi connectivity index (χ3v) is 10.3. The number of halogens is 1. The minimum atomic E-state index is -3.80. The van der Waals surface area contributed by atoms with Gasteiger partial charge in [-0.15, -0.1) is 0 Å². The molecule has 0 atom stereocenters. The number of hydrogen-bond donors (Lipinski definition) is 0. The van der Waals surface area contributed by atoms with Crippen LogP contribution in [0.5, 0.6) is 0 Å². The van der Waals surface area contributed by atoms with E-state index in [4.69, 9.17) is 4.74 Å². The van der Waals surface area contributed by atoms with Crippen LogP contribution in [0.25, 0.3) is 10.9 Å². The standard InChI is InChI=1S/C35H45FN4O3S/c1-2-3-21-39(31-14-6-4-7-15-31)23-25-43-24-22-38(26-29-13-12-20-37-35(29)36)27-30-28-40(34-19-11-10-18-33(30)34)44(41,42)32-16-8-5-9-17-32/h5,8-13,16-20,28,31H,2-4,6-7,14-15,21-27H2,1H3. The van der Waals surface area contributed by atoms with E-state index in [0.717, 1.165) is 24.0 Å². The normalized spacial score (nSPS) is 14.6. The number of rotatable bonds is 16. The Morgan fingerprint density at radius 3 is 2.39 bits per heavy atom. The van der Waals surface area contributed by atoms with Gasteiger partial charge in [0.05, 0.1) is 23.6 Å². The average molecular weight is 621 g/mol. The van der Waals surface area contributed by atoms with Gasteiger partial charge in [0.1, 0.15) is 0 Å². The number of hydrogen-bond acceptors (Lipinski definition) is 6. The first-order valence-electron chi connectivity index (χ1n) is 16.0. The van der Waals surface area contributed by atoms with Gasteiger partial charge in [-0.1, -0.05) is 75.1 Å². The van der Waals surface area contributed by atoms with Crippen molar-refractivity contribution in [2.45, 2.75) is 75.9 Å². The molecule has 236 valence electrons. The van der Waals surface area contributed by atoms with E-state index in [1.54, 1.807) is 48.7 Å². The fourth-order valence-corrected chi connectivity index (χ4v) is 7.66. The lowest BCUT2D eigenvalue weighted by Gasteiger charge is -2.34. The second-order valence-corrected chi connectivity index (χ2v) is 13.6. The zero-order chi connectivity index (χ0) is 30.8. The third kappa shape index (κ3) is 8.13. The smallest absolute Gasteiger partial charge is 0.268 e. The highest BCUT2D eigenvalue weighted by molar-refractivity contribution is 7.90. The van der Waals surface area contributed by atoms with Crippen molar-refractivity contribution >= 4 is 20.9 Å². The minimum absolute atomic E-state index is 0.233. The lowest BCUT2D eigenvalue weighted by atomic mass is 9.94. The van der Waals surface area contributed by atoms with Gasteiger partial charge in [0, 0.05) is 55.6 Å². The Labute approximate surface area is 261 Å². The number of pyridine rings is 1. The molecule has 2 aromatic heterocycles. The van der Waals surface area contributed by atoms with Crippen LogP contribution in [-0.2, 0) is 27.8 Å². The molecule has 1 saturated carbocycles. The van der Waals surface area contributed by atoms with Crippen LogP contribution in [0.2, 0.25) is 0 Å². The van der Waals surface area contributed by atoms with Crippen LogP contribution in [0.1, 0.15) is 63.0 Å². The predicted octanol–water partition coefficient (Wildman–Crippen LogP) is 6.87. The summed E-state index contributed by atoms with van der Waals surface area (Å²) in [5.41, 5.74) is 1.97. The van der Waals surface area contributed by atoms with Crippen molar-refractivity contribution in [2.24, 2.45) is 0 Å². The molecule has 1 fully saturated rings. The van der Waals surface area contributed by atoms with Crippen molar-refractivity contribution in [1.29, 1.82) is 0 Å². The molecule has 0 N–H and O–H groups in total. The summed E-state index contributed by atoms with van der Waals surface area (Å²) < 4.78 is 49.4. The SMILES string of the molecule is CCCCN(CCOCCN(Cc1cccnc1F)Cc1cn(S(=O)(=O)c2ccccc2)c2ccccc12)C1CCCCC1. The van der Waals surface area contributed by atoms with E-state index in [2.05, 4.69) is 21.7 Å². The summed E-state index contributed by atoms with van der Waals surface area (Å²) in [7, 11) is -3.80. The molecule has 0 radical (unpaired) electrons. The summed E-state index contributed by atoms with van der Waals surface area (Å²) in [6.07, 6.45) is 12.1. The molecule has 0 bridgehead atoms. The predicted molar refractivity (Wildman–Crippen MR) is 173 cm³/mol. The Bertz CT molecular complexity index is 1570. The molecule has 2 heterocycles. The highest BCUT2D eigenvalue weighted by atomic mass is 32.2. The number of unbranched alkanes of at least 4 members (excludes halogenated alkanes) is 1. The average Bonchev–Trinajstić information content (AvgIpc) is 3.43. The summed E-state index contributed by atoms with van der Waals surface area (Å²) in [6.45, 7) is 6.76. The summed E-state index contributed by atoms with van der Waals surface area (Å²) >= 11 is 0. The molecular weight excluding hydrogens is 575 g/mol. The Morgan fingerprint density at radius 2 is 1.61 bits per heavy atom. The zero-order valence-corrected chi connectivity index (χ0v) is 26.6. The minimum Gasteiger partial charge on any atom is -0.379 e. The van der Waals surface area contributed by atoms with Crippen LogP contribution < -0.4 is 0 Å². The molecule has 0 amide bonds. The van der Waals surface area contributed by atoms with Gasteiger partial charge >= 0.3 is 0 Å². The first-order valence-corrected chi connectivity index (χ1v) is 17.4. The van der Waals surface area contributed by atoms with Crippen LogP contribution in [-0.4, -0.2) is 66.1 Å². The van der Waals surface area contributed by atoms with E-state index in [0.29, 0.717) is 50.0 Å². The van der Waals surface area contributed by atoms with Gasteiger partial charge in [-0.25, -0.2) is 17.4 Å². The number of ether oxygens (including phenoxy) is 1. The molecule has 0 aliphatic heterocycles. The van der Waals surface area contributed by atoms with Crippen LogP contribution in [0.4, 0.5) is 4.39 Å². The van der Waals surface area contributed by atoms with E-state index in [1.165, 1.54) is 55.1 Å². The lowest BCUT2D eigenvalue weighted by molar-refractivity contribution is 0.0603. The van der Waals surface area contributed by atoms with E-state index in [1.807, 2.05) is 24.3 Å². The number of aromatic nitrogens is 2. The molecular formula is C35H45FN4O3S. The van der Waals surface area contributed by atoms with Crippen molar-refractivity contribution < 1.29 is 17.5 Å². The van der Waals surface area contributed by atoms with Crippen LogP contribution >= 0.6 is 0 Å². The summed E-state index contributed by atoms with van der Waals surface area (Å²) in [4.78, 5) is 8.80. The number of nitrogens with zero attached hydrogens (tertiary/aromatic N) is 4. The van der Waals surface area contributed by atoms with E-state index >= 15 is 0 Å². The highest BCUT2D eigenvalue weighted by Crippen LogP contribution is 2.28. The third-order valence-electron chi connectivity index (χ3n) is 8.65. The maximum Gasteiger partial charge on any atom is 0.268 e. The monoisotopic (exact) mass is 620 g/mol. The molecule has 1 aliphatic rings. The quantitative estimate of drug-likeness (QED) is 0.101. The maximum atomic E-state index is 14.6. The first kappa shape index (κ1) is 32.3. The van der Waals surface area contributed by atoms with Gasteiger partial charge in [-0.3, -0.25) is 9.80 Å². The second-order valence-electron chi connectivity index (χ2n) is 11.7. The molecule has 4 aromatic rings. The highest BCUT2D eigenvalue weighted by Gasteiger charge is 2.23. The van der Waals surface area contributed by atoms with Gasteiger partial charge in [0.25, 0.3) is 10.0 Å². The van der Waals surface area contributed by atoms with Crippen molar-refractivity contribution in [1.82, 2.24) is 18.8 Å². The van der Waals surface area contributed by atoms with Gasteiger partial charge in [0.2, 0.25) is 5.95 Å². The molecule has 9 heteroatoms.